The first-order valence-electron chi connectivity index (χ1n) is 6.18. The predicted octanol–water partition coefficient (Wildman–Crippen LogP) is 1.80. The third-order valence-corrected chi connectivity index (χ3v) is 5.86. The molecule has 1 aromatic heterocycles. The summed E-state index contributed by atoms with van der Waals surface area (Å²) in [6.45, 7) is 0. The third-order valence-electron chi connectivity index (χ3n) is 3.23. The van der Waals surface area contributed by atoms with E-state index in [1.165, 1.54) is 29.1 Å². The molecule has 2 aliphatic heterocycles. The first-order valence-corrected chi connectivity index (χ1v) is 8.11. The molecular weight excluding hydrogens is 314 g/mol. The number of fused-ring (bicyclic) bond motifs is 1. The number of rotatable bonds is 4. The Kier molecular flexibility index (Phi) is 3.81. The molecule has 21 heavy (non-hydrogen) atoms. The number of thioether (sulfide) groups is 2. The van der Waals surface area contributed by atoms with Gasteiger partial charge in [-0.3, -0.25) is 9.59 Å². The molecule has 2 aliphatic rings. The number of carboxylic acid groups (broad SMARTS) is 1. The second-order valence-corrected chi connectivity index (χ2v) is 6.93. The zero-order valence-electron chi connectivity index (χ0n) is 10.7. The largest absolute Gasteiger partial charge is 0.478 e. The highest BCUT2D eigenvalue weighted by molar-refractivity contribution is 8.15. The minimum absolute atomic E-state index is 0.00934. The SMILES string of the molecule is O=C(O)C1=CN2C(=O)C[C@H]2SC1CSC(=O)c1ccco1. The molecule has 0 radical (unpaired) electrons. The lowest BCUT2D eigenvalue weighted by atomic mass is 10.1. The molecule has 3 rings (SSSR count). The van der Waals surface area contributed by atoms with E-state index in [1.54, 1.807) is 12.1 Å². The Morgan fingerprint density at radius 2 is 2.33 bits per heavy atom. The summed E-state index contributed by atoms with van der Waals surface area (Å²) >= 11 is 2.44. The standard InChI is InChI=1S/C13H11NO5S2/c15-10-4-11-14(10)5-7(12(16)17)9(21-11)6-20-13(18)8-2-1-3-19-8/h1-3,5,9,11H,4,6H2,(H,16,17)/t9?,11-/m1/s1. The van der Waals surface area contributed by atoms with Gasteiger partial charge in [0.15, 0.2) is 5.76 Å². The lowest BCUT2D eigenvalue weighted by Crippen LogP contribution is -2.51. The van der Waals surface area contributed by atoms with Crippen LogP contribution in [0.15, 0.2) is 34.6 Å². The number of hydrogen-bond acceptors (Lipinski definition) is 6. The van der Waals surface area contributed by atoms with Crippen LogP contribution in [-0.2, 0) is 9.59 Å². The molecule has 1 aromatic rings. The number of β-lactam (4-membered cyclic amide) rings is 1. The van der Waals surface area contributed by atoms with Crippen molar-refractivity contribution >= 4 is 40.5 Å². The van der Waals surface area contributed by atoms with Crippen molar-refractivity contribution in [2.24, 2.45) is 0 Å². The van der Waals surface area contributed by atoms with Crippen molar-refractivity contribution in [1.82, 2.24) is 4.90 Å². The molecule has 1 N–H and O–H groups in total. The van der Waals surface area contributed by atoms with Crippen molar-refractivity contribution in [2.45, 2.75) is 17.0 Å². The Morgan fingerprint density at radius 1 is 1.52 bits per heavy atom. The highest BCUT2D eigenvalue weighted by Crippen LogP contribution is 2.41. The van der Waals surface area contributed by atoms with Crippen LogP contribution in [0.3, 0.4) is 0 Å². The van der Waals surface area contributed by atoms with Gasteiger partial charge in [0.25, 0.3) is 5.12 Å². The van der Waals surface area contributed by atoms with Crippen molar-refractivity contribution in [1.29, 1.82) is 0 Å². The maximum atomic E-state index is 11.9. The number of nitrogens with zero attached hydrogens (tertiary/aromatic N) is 1. The number of carbonyl (C=O) groups is 3. The van der Waals surface area contributed by atoms with E-state index in [4.69, 9.17) is 4.42 Å². The van der Waals surface area contributed by atoms with Crippen LogP contribution in [0.4, 0.5) is 0 Å². The van der Waals surface area contributed by atoms with Crippen LogP contribution in [0.2, 0.25) is 0 Å². The molecule has 6 nitrogen and oxygen atoms in total. The van der Waals surface area contributed by atoms with E-state index in [0.29, 0.717) is 12.2 Å². The highest BCUT2D eigenvalue weighted by Gasteiger charge is 2.43. The monoisotopic (exact) mass is 325 g/mol. The summed E-state index contributed by atoms with van der Waals surface area (Å²) in [5, 5.41) is 8.69. The Bertz CT molecular complexity index is 625. The topological polar surface area (TPSA) is 87.8 Å². The van der Waals surface area contributed by atoms with Gasteiger partial charge in [-0.25, -0.2) is 4.79 Å². The molecule has 1 fully saturated rings. The van der Waals surface area contributed by atoms with Crippen molar-refractivity contribution in [3.63, 3.8) is 0 Å². The van der Waals surface area contributed by atoms with E-state index in [0.717, 1.165) is 11.8 Å². The normalized spacial score (nSPS) is 24.1. The molecule has 1 unspecified atom stereocenters. The zero-order valence-corrected chi connectivity index (χ0v) is 12.4. The van der Waals surface area contributed by atoms with Gasteiger partial charge in [0.2, 0.25) is 5.91 Å². The van der Waals surface area contributed by atoms with Gasteiger partial charge in [0.05, 0.1) is 23.6 Å². The van der Waals surface area contributed by atoms with Gasteiger partial charge < -0.3 is 14.4 Å². The van der Waals surface area contributed by atoms with E-state index >= 15 is 0 Å². The Morgan fingerprint density at radius 3 is 2.95 bits per heavy atom. The molecule has 0 saturated carbocycles. The Labute approximate surface area is 128 Å². The first kappa shape index (κ1) is 14.3. The van der Waals surface area contributed by atoms with Gasteiger partial charge in [0.1, 0.15) is 0 Å². The molecule has 110 valence electrons. The number of aliphatic carboxylic acids is 1. The smallest absolute Gasteiger partial charge is 0.334 e. The van der Waals surface area contributed by atoms with E-state index in [9.17, 15) is 19.5 Å². The summed E-state index contributed by atoms with van der Waals surface area (Å²) < 4.78 is 5.01. The summed E-state index contributed by atoms with van der Waals surface area (Å²) in [4.78, 5) is 36.0. The zero-order chi connectivity index (χ0) is 15.0. The van der Waals surface area contributed by atoms with Gasteiger partial charge in [-0.2, -0.15) is 0 Å². The van der Waals surface area contributed by atoms with Crippen LogP contribution in [0, 0.1) is 0 Å². The molecule has 1 saturated heterocycles. The van der Waals surface area contributed by atoms with Crippen LogP contribution >= 0.6 is 23.5 Å². The molecule has 3 heterocycles. The molecule has 0 aliphatic carbocycles. The fourth-order valence-corrected chi connectivity index (χ4v) is 4.60. The van der Waals surface area contributed by atoms with Crippen LogP contribution in [0.1, 0.15) is 17.0 Å². The fourth-order valence-electron chi connectivity index (χ4n) is 2.11. The maximum absolute atomic E-state index is 11.9. The summed E-state index contributed by atoms with van der Waals surface area (Å²) in [6.07, 6.45) is 3.24. The first-order chi connectivity index (χ1) is 10.1. The second kappa shape index (κ2) is 5.61. The summed E-state index contributed by atoms with van der Waals surface area (Å²) in [5.41, 5.74) is 0.157. The molecular formula is C13H11NO5S2. The van der Waals surface area contributed by atoms with E-state index in [-0.39, 0.29) is 33.0 Å². The van der Waals surface area contributed by atoms with Gasteiger partial charge in [0, 0.05) is 17.2 Å². The molecule has 8 heteroatoms. The Hall–Kier alpha value is -1.67. The molecule has 1 amide bonds. The van der Waals surface area contributed by atoms with Crippen LogP contribution in [-0.4, -0.2) is 43.4 Å². The summed E-state index contributed by atoms with van der Waals surface area (Å²) in [7, 11) is 0. The lowest BCUT2D eigenvalue weighted by molar-refractivity contribution is -0.138. The van der Waals surface area contributed by atoms with Crippen LogP contribution in [0.25, 0.3) is 0 Å². The van der Waals surface area contributed by atoms with E-state index in [2.05, 4.69) is 0 Å². The van der Waals surface area contributed by atoms with Crippen molar-refractivity contribution in [3.05, 3.63) is 35.9 Å². The van der Waals surface area contributed by atoms with Crippen molar-refractivity contribution < 1.29 is 23.9 Å². The van der Waals surface area contributed by atoms with Gasteiger partial charge in [-0.1, -0.05) is 11.8 Å². The molecule has 0 aromatic carbocycles. The van der Waals surface area contributed by atoms with E-state index < -0.39 is 5.97 Å². The fraction of sp³-hybridized carbons (Fsp3) is 0.308. The number of carbonyl (C=O) groups excluding carboxylic acids is 2. The van der Waals surface area contributed by atoms with Gasteiger partial charge in [-0.05, 0) is 12.1 Å². The number of furan rings is 1. The van der Waals surface area contributed by atoms with Crippen LogP contribution < -0.4 is 0 Å². The number of carboxylic acids is 1. The van der Waals surface area contributed by atoms with Gasteiger partial charge in [-0.15, -0.1) is 11.8 Å². The minimum Gasteiger partial charge on any atom is -0.478 e. The average molecular weight is 325 g/mol. The quantitative estimate of drug-likeness (QED) is 0.844. The number of amides is 1. The summed E-state index contributed by atoms with van der Waals surface area (Å²) in [6, 6.07) is 3.20. The Balaban J connectivity index is 1.68. The lowest BCUT2D eigenvalue weighted by Gasteiger charge is -2.43. The predicted molar refractivity (Wildman–Crippen MR) is 77.8 cm³/mol. The number of hydrogen-bond donors (Lipinski definition) is 1. The second-order valence-electron chi connectivity index (χ2n) is 4.55. The highest BCUT2D eigenvalue weighted by atomic mass is 32.2. The molecule has 2 atom stereocenters. The van der Waals surface area contributed by atoms with Gasteiger partial charge >= 0.3 is 5.97 Å². The third kappa shape index (κ3) is 2.73. The van der Waals surface area contributed by atoms with E-state index in [1.807, 2.05) is 0 Å². The minimum atomic E-state index is -1.06. The maximum Gasteiger partial charge on any atom is 0.334 e. The van der Waals surface area contributed by atoms with Crippen LogP contribution in [0.5, 0.6) is 0 Å². The summed E-state index contributed by atoms with van der Waals surface area (Å²) in [5.74, 6) is -0.538. The van der Waals surface area contributed by atoms with Crippen molar-refractivity contribution in [3.8, 4) is 0 Å². The molecule has 0 bridgehead atoms. The van der Waals surface area contributed by atoms with Crippen molar-refractivity contribution in [2.75, 3.05) is 5.75 Å². The molecule has 0 spiro atoms. The average Bonchev–Trinajstić information content (AvgIpc) is 2.97.